The molecule has 0 aliphatic rings. The molecule has 1 aromatic heterocycles. The molecule has 0 fully saturated rings. The summed E-state index contributed by atoms with van der Waals surface area (Å²) in [6, 6.07) is 10.0. The van der Waals surface area contributed by atoms with Crippen LogP contribution in [0.25, 0.3) is 22.6 Å². The second-order valence-corrected chi connectivity index (χ2v) is 5.10. The fraction of sp³-hybridized carbons (Fsp3) is 0.0667. The van der Waals surface area contributed by atoms with Gasteiger partial charge in [-0.15, -0.1) is 0 Å². The Morgan fingerprint density at radius 2 is 1.90 bits per heavy atom. The van der Waals surface area contributed by atoms with Crippen LogP contribution in [-0.4, -0.2) is 18.1 Å². The third-order valence-electron chi connectivity index (χ3n) is 2.99. The van der Waals surface area contributed by atoms with Gasteiger partial charge in [0.1, 0.15) is 5.52 Å². The molecule has 2 aromatic carbocycles. The van der Waals surface area contributed by atoms with E-state index < -0.39 is 5.97 Å². The summed E-state index contributed by atoms with van der Waals surface area (Å²) in [5, 5.41) is 0.893. The Bertz CT molecular complexity index is 822. The SMILES string of the molecule is COC(=O)c1ccc2oc(-c3c(Cl)cccc3Cl)nc2c1. The highest BCUT2D eigenvalue weighted by atomic mass is 35.5. The van der Waals surface area contributed by atoms with Crippen LogP contribution in [0.15, 0.2) is 40.8 Å². The van der Waals surface area contributed by atoms with Gasteiger partial charge in [-0.2, -0.15) is 0 Å². The fourth-order valence-electron chi connectivity index (χ4n) is 1.98. The molecule has 6 heteroatoms. The molecule has 4 nitrogen and oxygen atoms in total. The highest BCUT2D eigenvalue weighted by Gasteiger charge is 2.16. The lowest BCUT2D eigenvalue weighted by Gasteiger charge is -2.01. The van der Waals surface area contributed by atoms with E-state index in [9.17, 15) is 4.79 Å². The van der Waals surface area contributed by atoms with Crippen LogP contribution in [-0.2, 0) is 4.74 Å². The predicted molar refractivity (Wildman–Crippen MR) is 80.8 cm³/mol. The highest BCUT2D eigenvalue weighted by molar-refractivity contribution is 6.38. The van der Waals surface area contributed by atoms with E-state index in [0.29, 0.717) is 38.2 Å². The Morgan fingerprint density at radius 1 is 1.19 bits per heavy atom. The second kappa shape index (κ2) is 5.39. The maximum atomic E-state index is 11.5. The normalized spacial score (nSPS) is 10.8. The minimum atomic E-state index is -0.433. The van der Waals surface area contributed by atoms with Crippen LogP contribution < -0.4 is 0 Å². The van der Waals surface area contributed by atoms with Crippen molar-refractivity contribution >= 4 is 40.3 Å². The Labute approximate surface area is 130 Å². The van der Waals surface area contributed by atoms with Gasteiger partial charge in [-0.1, -0.05) is 29.3 Å². The van der Waals surface area contributed by atoms with Crippen LogP contribution in [0.4, 0.5) is 0 Å². The quantitative estimate of drug-likeness (QED) is 0.648. The van der Waals surface area contributed by atoms with E-state index in [1.54, 1.807) is 36.4 Å². The summed E-state index contributed by atoms with van der Waals surface area (Å²) in [5.41, 5.74) is 1.99. The molecule has 0 saturated carbocycles. The van der Waals surface area contributed by atoms with Crippen LogP contribution in [0.5, 0.6) is 0 Å². The van der Waals surface area contributed by atoms with E-state index in [4.69, 9.17) is 27.6 Å². The van der Waals surface area contributed by atoms with Gasteiger partial charge in [0.15, 0.2) is 5.58 Å². The minimum Gasteiger partial charge on any atom is -0.465 e. The van der Waals surface area contributed by atoms with Gasteiger partial charge in [0.2, 0.25) is 5.89 Å². The topological polar surface area (TPSA) is 52.3 Å². The number of hydrogen-bond acceptors (Lipinski definition) is 4. The summed E-state index contributed by atoms with van der Waals surface area (Å²) in [4.78, 5) is 15.9. The molecular formula is C15H9Cl2NO3. The smallest absolute Gasteiger partial charge is 0.337 e. The van der Waals surface area contributed by atoms with Crippen molar-refractivity contribution in [3.8, 4) is 11.5 Å². The molecule has 0 radical (unpaired) electrons. The molecule has 0 aliphatic heterocycles. The number of fused-ring (bicyclic) bond motifs is 1. The molecule has 0 amide bonds. The monoisotopic (exact) mass is 321 g/mol. The number of halogens is 2. The van der Waals surface area contributed by atoms with Gasteiger partial charge in [0.25, 0.3) is 0 Å². The van der Waals surface area contributed by atoms with E-state index in [0.717, 1.165) is 0 Å². The number of methoxy groups -OCH3 is 1. The molecule has 0 atom stereocenters. The van der Waals surface area contributed by atoms with Gasteiger partial charge in [0.05, 0.1) is 28.3 Å². The Kier molecular flexibility index (Phi) is 3.57. The van der Waals surface area contributed by atoms with Crippen LogP contribution >= 0.6 is 23.2 Å². The Hall–Kier alpha value is -2.04. The summed E-state index contributed by atoms with van der Waals surface area (Å²) < 4.78 is 10.3. The molecule has 3 rings (SSSR count). The summed E-state index contributed by atoms with van der Waals surface area (Å²) >= 11 is 12.3. The lowest BCUT2D eigenvalue weighted by atomic mass is 10.2. The molecule has 0 spiro atoms. The molecular weight excluding hydrogens is 313 g/mol. The summed E-state index contributed by atoms with van der Waals surface area (Å²) in [7, 11) is 1.32. The average Bonchev–Trinajstić information content (AvgIpc) is 2.88. The van der Waals surface area contributed by atoms with Crippen molar-refractivity contribution in [1.82, 2.24) is 4.98 Å². The largest absolute Gasteiger partial charge is 0.465 e. The molecule has 0 saturated heterocycles. The number of hydrogen-bond donors (Lipinski definition) is 0. The number of carbonyl (C=O) groups excluding carboxylic acids is 1. The lowest BCUT2D eigenvalue weighted by Crippen LogP contribution is -2.00. The van der Waals surface area contributed by atoms with E-state index in [2.05, 4.69) is 9.72 Å². The number of carbonyl (C=O) groups is 1. The van der Waals surface area contributed by atoms with Crippen molar-refractivity contribution in [2.24, 2.45) is 0 Å². The summed E-state index contributed by atoms with van der Waals surface area (Å²) in [5.74, 6) is -0.125. The Morgan fingerprint density at radius 3 is 2.57 bits per heavy atom. The number of benzene rings is 2. The van der Waals surface area contributed by atoms with Crippen molar-refractivity contribution in [2.45, 2.75) is 0 Å². The summed E-state index contributed by atoms with van der Waals surface area (Å²) in [6.07, 6.45) is 0. The van der Waals surface area contributed by atoms with Crippen molar-refractivity contribution < 1.29 is 13.9 Å². The first-order valence-corrected chi connectivity index (χ1v) is 6.79. The van der Waals surface area contributed by atoms with E-state index in [1.807, 2.05) is 0 Å². The van der Waals surface area contributed by atoms with Gasteiger partial charge in [0, 0.05) is 0 Å². The second-order valence-electron chi connectivity index (χ2n) is 4.29. The fourth-order valence-corrected chi connectivity index (χ4v) is 2.54. The zero-order valence-electron chi connectivity index (χ0n) is 10.9. The van der Waals surface area contributed by atoms with E-state index in [1.165, 1.54) is 7.11 Å². The van der Waals surface area contributed by atoms with Crippen LogP contribution in [0.3, 0.4) is 0 Å². The number of nitrogens with zero attached hydrogens (tertiary/aromatic N) is 1. The number of aromatic nitrogens is 1. The lowest BCUT2D eigenvalue weighted by molar-refractivity contribution is 0.0601. The number of esters is 1. The average molecular weight is 322 g/mol. The molecule has 21 heavy (non-hydrogen) atoms. The predicted octanol–water partition coefficient (Wildman–Crippen LogP) is 4.59. The van der Waals surface area contributed by atoms with Gasteiger partial charge in [-0.05, 0) is 30.3 Å². The number of ether oxygens (including phenoxy) is 1. The molecule has 0 unspecified atom stereocenters. The van der Waals surface area contributed by atoms with Gasteiger partial charge in [-0.3, -0.25) is 0 Å². The van der Waals surface area contributed by atoms with Crippen molar-refractivity contribution in [3.05, 3.63) is 52.0 Å². The molecule has 106 valence electrons. The van der Waals surface area contributed by atoms with Crippen molar-refractivity contribution in [3.63, 3.8) is 0 Å². The zero-order chi connectivity index (χ0) is 15.0. The summed E-state index contributed by atoms with van der Waals surface area (Å²) in [6.45, 7) is 0. The standard InChI is InChI=1S/C15H9Cl2NO3/c1-20-15(19)8-5-6-12-11(7-8)18-14(21-12)13-9(16)3-2-4-10(13)17/h2-7H,1H3. The van der Waals surface area contributed by atoms with Crippen LogP contribution in [0.1, 0.15) is 10.4 Å². The third-order valence-corrected chi connectivity index (χ3v) is 3.62. The maximum absolute atomic E-state index is 11.5. The number of rotatable bonds is 2. The molecule has 3 aromatic rings. The maximum Gasteiger partial charge on any atom is 0.337 e. The van der Waals surface area contributed by atoms with Gasteiger partial charge in [-0.25, -0.2) is 9.78 Å². The first-order chi connectivity index (χ1) is 10.1. The third kappa shape index (κ3) is 2.48. The first kappa shape index (κ1) is 13.9. The highest BCUT2D eigenvalue weighted by Crippen LogP contribution is 2.35. The van der Waals surface area contributed by atoms with Gasteiger partial charge >= 0.3 is 5.97 Å². The number of oxazole rings is 1. The van der Waals surface area contributed by atoms with Crippen LogP contribution in [0.2, 0.25) is 10.0 Å². The van der Waals surface area contributed by atoms with Gasteiger partial charge < -0.3 is 9.15 Å². The molecule has 1 heterocycles. The molecule has 0 N–H and O–H groups in total. The first-order valence-electron chi connectivity index (χ1n) is 6.03. The minimum absolute atomic E-state index is 0.308. The van der Waals surface area contributed by atoms with E-state index in [-0.39, 0.29) is 0 Å². The van der Waals surface area contributed by atoms with Crippen molar-refractivity contribution in [1.29, 1.82) is 0 Å². The van der Waals surface area contributed by atoms with Crippen molar-refractivity contribution in [2.75, 3.05) is 7.11 Å². The molecule has 0 bridgehead atoms. The Balaban J connectivity index is 2.15. The van der Waals surface area contributed by atoms with E-state index >= 15 is 0 Å². The zero-order valence-corrected chi connectivity index (χ0v) is 12.4. The molecule has 0 aliphatic carbocycles. The van der Waals surface area contributed by atoms with Crippen LogP contribution in [0, 0.1) is 0 Å².